The molecule has 7 nitrogen and oxygen atoms in total. The van der Waals surface area contributed by atoms with Crippen molar-refractivity contribution in [2.75, 3.05) is 17.3 Å². The van der Waals surface area contributed by atoms with Crippen molar-refractivity contribution in [3.8, 4) is 0 Å². The molecule has 1 aromatic carbocycles. The number of halogens is 1. The molecule has 4 aromatic rings. The van der Waals surface area contributed by atoms with Gasteiger partial charge in [0.1, 0.15) is 11.6 Å². The van der Waals surface area contributed by atoms with Crippen LogP contribution in [0.2, 0.25) is 0 Å². The van der Waals surface area contributed by atoms with E-state index in [4.69, 9.17) is 0 Å². The van der Waals surface area contributed by atoms with Gasteiger partial charge < -0.3 is 10.2 Å². The van der Waals surface area contributed by atoms with Crippen LogP contribution in [-0.2, 0) is 0 Å². The van der Waals surface area contributed by atoms with Crippen molar-refractivity contribution < 1.29 is 4.39 Å². The molecule has 0 saturated heterocycles. The molecular formula is C18H16FN7. The molecule has 0 fully saturated rings. The minimum Gasteiger partial charge on any atom is -0.324 e. The number of hydrogen-bond acceptors (Lipinski definition) is 6. The molecule has 3 aromatic heterocycles. The van der Waals surface area contributed by atoms with Crippen molar-refractivity contribution in [2.24, 2.45) is 0 Å². The number of fused-ring (bicyclic) bond motifs is 1. The number of anilines is 4. The Balaban J connectivity index is 1.67. The first-order valence-electron chi connectivity index (χ1n) is 8.02. The second kappa shape index (κ2) is 6.40. The predicted molar refractivity (Wildman–Crippen MR) is 98.4 cm³/mol. The van der Waals surface area contributed by atoms with Crippen LogP contribution in [0.5, 0.6) is 0 Å². The lowest BCUT2D eigenvalue weighted by atomic mass is 10.2. The van der Waals surface area contributed by atoms with Crippen molar-refractivity contribution in [1.82, 2.24) is 25.1 Å². The first-order chi connectivity index (χ1) is 12.6. The Morgan fingerprint density at radius 2 is 1.92 bits per heavy atom. The Kier molecular flexibility index (Phi) is 3.92. The number of rotatable bonds is 4. The molecule has 130 valence electrons. The van der Waals surface area contributed by atoms with Crippen molar-refractivity contribution in [1.29, 1.82) is 0 Å². The van der Waals surface area contributed by atoms with E-state index in [1.165, 1.54) is 6.07 Å². The van der Waals surface area contributed by atoms with Gasteiger partial charge in [0, 0.05) is 18.9 Å². The fourth-order valence-corrected chi connectivity index (χ4v) is 2.61. The summed E-state index contributed by atoms with van der Waals surface area (Å²) < 4.78 is 13.9. The fraction of sp³-hybridized carbons (Fsp3) is 0.111. The van der Waals surface area contributed by atoms with Crippen LogP contribution in [0.25, 0.3) is 11.0 Å². The Labute approximate surface area is 148 Å². The zero-order valence-electron chi connectivity index (χ0n) is 14.2. The van der Waals surface area contributed by atoms with Crippen molar-refractivity contribution in [3.63, 3.8) is 0 Å². The lowest BCUT2D eigenvalue weighted by Crippen LogP contribution is -2.13. The highest BCUT2D eigenvalue weighted by Gasteiger charge is 2.16. The number of benzene rings is 1. The van der Waals surface area contributed by atoms with Gasteiger partial charge in [-0.25, -0.2) is 14.4 Å². The standard InChI is InChI=1S/C18H16FN7/c1-11-14(19)10-13-16(21-11)24-25-17(13)26(2)15-8-9-20-18(23-15)22-12-6-4-3-5-7-12/h3-10H,1-2H3,(H,20,22,23)(H,21,24,25). The van der Waals surface area contributed by atoms with Crippen LogP contribution in [0.15, 0.2) is 48.7 Å². The summed E-state index contributed by atoms with van der Waals surface area (Å²) >= 11 is 0. The van der Waals surface area contributed by atoms with E-state index in [0.717, 1.165) is 5.69 Å². The lowest BCUT2D eigenvalue weighted by molar-refractivity contribution is 0.613. The molecule has 26 heavy (non-hydrogen) atoms. The minimum atomic E-state index is -0.373. The number of nitrogens with zero attached hydrogens (tertiary/aromatic N) is 5. The topological polar surface area (TPSA) is 82.6 Å². The Hall–Kier alpha value is -3.55. The molecule has 4 rings (SSSR count). The molecule has 2 N–H and O–H groups in total. The first kappa shape index (κ1) is 15.9. The monoisotopic (exact) mass is 349 g/mol. The summed E-state index contributed by atoms with van der Waals surface area (Å²) in [6, 6.07) is 12.8. The number of pyridine rings is 1. The Bertz CT molecular complexity index is 1060. The summed E-state index contributed by atoms with van der Waals surface area (Å²) in [4.78, 5) is 14.7. The molecule has 0 radical (unpaired) electrons. The molecule has 0 aliphatic rings. The second-order valence-electron chi connectivity index (χ2n) is 5.79. The van der Waals surface area contributed by atoms with Gasteiger partial charge in [-0.05, 0) is 31.2 Å². The average molecular weight is 349 g/mol. The van der Waals surface area contributed by atoms with E-state index in [9.17, 15) is 4.39 Å². The number of aromatic nitrogens is 5. The molecule has 3 heterocycles. The normalized spacial score (nSPS) is 10.9. The Morgan fingerprint density at radius 1 is 1.12 bits per heavy atom. The first-order valence-corrected chi connectivity index (χ1v) is 8.02. The molecule has 0 aliphatic heterocycles. The molecule has 0 saturated carbocycles. The van der Waals surface area contributed by atoms with E-state index in [1.807, 2.05) is 37.4 Å². The third-order valence-electron chi connectivity index (χ3n) is 3.99. The molecule has 0 unspecified atom stereocenters. The van der Waals surface area contributed by atoms with Gasteiger partial charge in [-0.3, -0.25) is 5.10 Å². The summed E-state index contributed by atoms with van der Waals surface area (Å²) in [7, 11) is 1.81. The zero-order chi connectivity index (χ0) is 18.1. The lowest BCUT2D eigenvalue weighted by Gasteiger charge is -2.16. The molecule has 0 bridgehead atoms. The maximum Gasteiger partial charge on any atom is 0.229 e. The van der Waals surface area contributed by atoms with Gasteiger partial charge in [-0.1, -0.05) is 18.2 Å². The van der Waals surface area contributed by atoms with Crippen LogP contribution < -0.4 is 10.2 Å². The highest BCUT2D eigenvalue weighted by Crippen LogP contribution is 2.28. The van der Waals surface area contributed by atoms with Crippen molar-refractivity contribution >= 4 is 34.3 Å². The molecule has 0 aliphatic carbocycles. The predicted octanol–water partition coefficient (Wildman–Crippen LogP) is 3.71. The number of hydrogen-bond donors (Lipinski definition) is 2. The number of para-hydroxylation sites is 1. The number of aryl methyl sites for hydroxylation is 1. The van der Waals surface area contributed by atoms with Gasteiger partial charge in [0.05, 0.1) is 11.1 Å². The smallest absolute Gasteiger partial charge is 0.229 e. The van der Waals surface area contributed by atoms with Crippen LogP contribution in [-0.4, -0.2) is 32.2 Å². The third kappa shape index (κ3) is 2.92. The molecule has 0 amide bonds. The molecule has 0 spiro atoms. The summed E-state index contributed by atoms with van der Waals surface area (Å²) in [6.45, 7) is 1.62. The van der Waals surface area contributed by atoms with E-state index in [2.05, 4.69) is 30.5 Å². The van der Waals surface area contributed by atoms with E-state index >= 15 is 0 Å². The second-order valence-corrected chi connectivity index (χ2v) is 5.79. The Morgan fingerprint density at radius 3 is 2.73 bits per heavy atom. The SMILES string of the molecule is Cc1nc2[nH]nc(N(C)c3ccnc(Nc4ccccc4)n3)c2cc1F. The quantitative estimate of drug-likeness (QED) is 0.584. The summed E-state index contributed by atoms with van der Waals surface area (Å²) in [5.74, 6) is 1.24. The maximum absolute atomic E-state index is 13.9. The molecule has 0 atom stereocenters. The van der Waals surface area contributed by atoms with Crippen molar-refractivity contribution in [3.05, 3.63) is 60.2 Å². The number of nitrogens with one attached hydrogen (secondary N) is 2. The van der Waals surface area contributed by atoms with E-state index in [0.29, 0.717) is 34.3 Å². The largest absolute Gasteiger partial charge is 0.324 e. The summed E-state index contributed by atoms with van der Waals surface area (Å²) in [5, 5.41) is 10.8. The highest BCUT2D eigenvalue weighted by atomic mass is 19.1. The van der Waals surface area contributed by atoms with Gasteiger partial charge in [0.25, 0.3) is 0 Å². The van der Waals surface area contributed by atoms with Crippen LogP contribution >= 0.6 is 0 Å². The van der Waals surface area contributed by atoms with Crippen LogP contribution in [0.1, 0.15) is 5.69 Å². The van der Waals surface area contributed by atoms with Gasteiger partial charge in [-0.2, -0.15) is 10.1 Å². The summed E-state index contributed by atoms with van der Waals surface area (Å²) in [6.07, 6.45) is 1.65. The van der Waals surface area contributed by atoms with Crippen LogP contribution in [0.3, 0.4) is 0 Å². The van der Waals surface area contributed by atoms with Crippen LogP contribution in [0, 0.1) is 12.7 Å². The van der Waals surface area contributed by atoms with Crippen molar-refractivity contribution in [2.45, 2.75) is 6.92 Å². The van der Waals surface area contributed by atoms with E-state index in [1.54, 1.807) is 24.1 Å². The van der Waals surface area contributed by atoms with E-state index < -0.39 is 0 Å². The minimum absolute atomic E-state index is 0.326. The van der Waals surface area contributed by atoms with E-state index in [-0.39, 0.29) is 5.82 Å². The van der Waals surface area contributed by atoms with Gasteiger partial charge in [-0.15, -0.1) is 0 Å². The number of aromatic amines is 1. The van der Waals surface area contributed by atoms with Crippen LogP contribution in [0.4, 0.5) is 27.7 Å². The summed E-state index contributed by atoms with van der Waals surface area (Å²) in [5.41, 5.74) is 1.74. The number of H-pyrrole nitrogens is 1. The fourth-order valence-electron chi connectivity index (χ4n) is 2.61. The maximum atomic E-state index is 13.9. The van der Waals surface area contributed by atoms with Gasteiger partial charge in [0.2, 0.25) is 5.95 Å². The highest BCUT2D eigenvalue weighted by molar-refractivity contribution is 5.89. The molecular weight excluding hydrogens is 333 g/mol. The van der Waals surface area contributed by atoms with Gasteiger partial charge in [0.15, 0.2) is 11.5 Å². The zero-order valence-corrected chi connectivity index (χ0v) is 14.2. The average Bonchev–Trinajstić information content (AvgIpc) is 3.05. The van der Waals surface area contributed by atoms with Gasteiger partial charge >= 0.3 is 0 Å². The third-order valence-corrected chi connectivity index (χ3v) is 3.99. The molecule has 8 heteroatoms.